The minimum Gasteiger partial charge on any atom is -0.492 e. The Morgan fingerprint density at radius 1 is 1.32 bits per heavy atom. The van der Waals surface area contributed by atoms with Crippen molar-refractivity contribution < 1.29 is 9.53 Å². The SMILES string of the molecule is C=C(/C=C\C(=C)OC(C)C)NC(=O)Nc1cccc(CC)c1. The smallest absolute Gasteiger partial charge is 0.323 e. The van der Waals surface area contributed by atoms with Crippen LogP contribution in [0.4, 0.5) is 10.5 Å². The van der Waals surface area contributed by atoms with Crippen LogP contribution in [0.25, 0.3) is 0 Å². The molecule has 1 aromatic rings. The molecule has 1 aromatic carbocycles. The lowest BCUT2D eigenvalue weighted by atomic mass is 10.1. The molecule has 4 nitrogen and oxygen atoms in total. The third-order valence-electron chi connectivity index (χ3n) is 2.72. The van der Waals surface area contributed by atoms with Gasteiger partial charge in [0, 0.05) is 11.4 Å². The quantitative estimate of drug-likeness (QED) is 0.580. The Hall–Kier alpha value is -2.49. The van der Waals surface area contributed by atoms with E-state index in [1.165, 1.54) is 5.56 Å². The van der Waals surface area contributed by atoms with Gasteiger partial charge in [-0.05, 0) is 50.1 Å². The van der Waals surface area contributed by atoms with Crippen molar-refractivity contribution in [1.82, 2.24) is 5.32 Å². The molecule has 0 saturated heterocycles. The highest BCUT2D eigenvalue weighted by molar-refractivity contribution is 5.90. The monoisotopic (exact) mass is 300 g/mol. The second kappa shape index (κ2) is 8.72. The van der Waals surface area contributed by atoms with Crippen LogP contribution in [0.1, 0.15) is 26.3 Å². The molecule has 0 spiro atoms. The Morgan fingerprint density at radius 3 is 2.68 bits per heavy atom. The Labute approximate surface area is 132 Å². The fourth-order valence-corrected chi connectivity index (χ4v) is 1.75. The highest BCUT2D eigenvalue weighted by Crippen LogP contribution is 2.11. The van der Waals surface area contributed by atoms with Gasteiger partial charge in [-0.25, -0.2) is 4.79 Å². The molecule has 0 aromatic heterocycles. The van der Waals surface area contributed by atoms with Crippen LogP contribution in [0.5, 0.6) is 0 Å². The molecule has 0 aliphatic rings. The number of rotatable bonds is 7. The van der Waals surface area contributed by atoms with Gasteiger partial charge in [-0.1, -0.05) is 32.2 Å². The summed E-state index contributed by atoms with van der Waals surface area (Å²) in [5, 5.41) is 5.42. The lowest BCUT2D eigenvalue weighted by molar-refractivity contribution is 0.159. The molecule has 22 heavy (non-hydrogen) atoms. The second-order valence-electron chi connectivity index (χ2n) is 5.12. The maximum atomic E-state index is 11.9. The highest BCUT2D eigenvalue weighted by Gasteiger charge is 2.02. The van der Waals surface area contributed by atoms with Crippen LogP contribution in [0, 0.1) is 0 Å². The summed E-state index contributed by atoms with van der Waals surface area (Å²) in [6.45, 7) is 13.4. The fourth-order valence-electron chi connectivity index (χ4n) is 1.75. The molecule has 2 N–H and O–H groups in total. The Morgan fingerprint density at radius 2 is 2.05 bits per heavy atom. The minimum absolute atomic E-state index is 0.0625. The van der Waals surface area contributed by atoms with E-state index in [9.17, 15) is 4.79 Å². The van der Waals surface area contributed by atoms with Crippen molar-refractivity contribution in [2.75, 3.05) is 5.32 Å². The summed E-state index contributed by atoms with van der Waals surface area (Å²) in [5.74, 6) is 0.522. The van der Waals surface area contributed by atoms with E-state index in [1.54, 1.807) is 12.2 Å². The zero-order valence-electron chi connectivity index (χ0n) is 13.5. The van der Waals surface area contributed by atoms with E-state index in [-0.39, 0.29) is 12.1 Å². The van der Waals surface area contributed by atoms with Gasteiger partial charge < -0.3 is 15.4 Å². The summed E-state index contributed by atoms with van der Waals surface area (Å²) < 4.78 is 5.38. The van der Waals surface area contributed by atoms with Crippen LogP contribution in [0.2, 0.25) is 0 Å². The Balaban J connectivity index is 2.48. The van der Waals surface area contributed by atoms with E-state index in [4.69, 9.17) is 4.74 Å². The first-order valence-electron chi connectivity index (χ1n) is 7.30. The highest BCUT2D eigenvalue weighted by atomic mass is 16.5. The maximum absolute atomic E-state index is 11.9. The Kier molecular flexibility index (Phi) is 6.96. The summed E-state index contributed by atoms with van der Waals surface area (Å²) in [7, 11) is 0. The third kappa shape index (κ3) is 6.79. The Bertz CT molecular complexity index is 574. The van der Waals surface area contributed by atoms with Gasteiger partial charge >= 0.3 is 6.03 Å². The number of ether oxygens (including phenoxy) is 1. The first-order valence-corrected chi connectivity index (χ1v) is 7.30. The van der Waals surface area contributed by atoms with Crippen LogP contribution < -0.4 is 10.6 Å². The number of aryl methyl sites for hydroxylation is 1. The fraction of sp³-hybridized carbons (Fsp3) is 0.278. The van der Waals surface area contributed by atoms with Gasteiger partial charge in [0.1, 0.15) is 5.76 Å². The standard InChI is InChI=1S/C18H24N2O2/c1-6-16-8-7-9-17(12-16)20-18(21)19-14(4)10-11-15(5)22-13(2)3/h7-13H,4-6H2,1-3H3,(H2,19,20,21)/b11-10-. The number of anilines is 1. The molecule has 0 fully saturated rings. The van der Waals surface area contributed by atoms with Crippen LogP contribution >= 0.6 is 0 Å². The first kappa shape index (κ1) is 17.6. The van der Waals surface area contributed by atoms with Crippen molar-refractivity contribution in [3.63, 3.8) is 0 Å². The van der Waals surface area contributed by atoms with Gasteiger partial charge in [0.25, 0.3) is 0 Å². The minimum atomic E-state index is -0.335. The lowest BCUT2D eigenvalue weighted by Crippen LogP contribution is -2.27. The van der Waals surface area contributed by atoms with Gasteiger partial charge in [0.15, 0.2) is 0 Å². The molecule has 0 bridgehead atoms. The normalized spacial score (nSPS) is 10.5. The predicted octanol–water partition coefficient (Wildman–Crippen LogP) is 4.38. The van der Waals surface area contributed by atoms with Crippen molar-refractivity contribution in [1.29, 1.82) is 0 Å². The molecule has 0 saturated carbocycles. The van der Waals surface area contributed by atoms with Crippen molar-refractivity contribution in [3.05, 3.63) is 66.6 Å². The molecule has 0 unspecified atom stereocenters. The van der Waals surface area contributed by atoms with Crippen molar-refractivity contribution in [2.45, 2.75) is 33.3 Å². The number of benzene rings is 1. The van der Waals surface area contributed by atoms with Gasteiger partial charge in [0.2, 0.25) is 0 Å². The average molecular weight is 300 g/mol. The summed E-state index contributed by atoms with van der Waals surface area (Å²) in [4.78, 5) is 11.9. The molecule has 0 aliphatic carbocycles. The second-order valence-corrected chi connectivity index (χ2v) is 5.12. The molecule has 4 heteroatoms. The van der Waals surface area contributed by atoms with Crippen molar-refractivity contribution in [3.8, 4) is 0 Å². The van der Waals surface area contributed by atoms with E-state index in [0.717, 1.165) is 12.1 Å². The van der Waals surface area contributed by atoms with E-state index in [2.05, 4.69) is 30.7 Å². The summed E-state index contributed by atoms with van der Waals surface area (Å²) in [6.07, 6.45) is 4.30. The summed E-state index contributed by atoms with van der Waals surface area (Å²) in [5.41, 5.74) is 2.37. The van der Waals surface area contributed by atoms with Gasteiger partial charge in [0.05, 0.1) is 6.10 Å². The summed E-state index contributed by atoms with van der Waals surface area (Å²) >= 11 is 0. The number of amides is 2. The number of carbonyl (C=O) groups is 1. The number of hydrogen-bond acceptors (Lipinski definition) is 2. The average Bonchev–Trinajstić information content (AvgIpc) is 2.44. The molecule has 1 rings (SSSR count). The van der Waals surface area contributed by atoms with Gasteiger partial charge in [-0.3, -0.25) is 0 Å². The summed E-state index contributed by atoms with van der Waals surface area (Å²) in [6, 6.07) is 7.38. The molecule has 0 aliphatic heterocycles. The number of urea groups is 1. The molecule has 118 valence electrons. The predicted molar refractivity (Wildman–Crippen MR) is 91.6 cm³/mol. The van der Waals surface area contributed by atoms with E-state index in [0.29, 0.717) is 11.5 Å². The van der Waals surface area contributed by atoms with Crippen LogP contribution in [-0.2, 0) is 11.2 Å². The molecular formula is C18H24N2O2. The molecule has 0 radical (unpaired) electrons. The van der Waals surface area contributed by atoms with E-state index < -0.39 is 0 Å². The van der Waals surface area contributed by atoms with Crippen LogP contribution in [0.15, 0.2) is 61.0 Å². The molecule has 0 atom stereocenters. The van der Waals surface area contributed by atoms with Crippen LogP contribution in [-0.4, -0.2) is 12.1 Å². The van der Waals surface area contributed by atoms with Gasteiger partial charge in [-0.2, -0.15) is 0 Å². The van der Waals surface area contributed by atoms with Crippen molar-refractivity contribution >= 4 is 11.7 Å². The number of carbonyl (C=O) groups excluding carboxylic acids is 1. The molecular weight excluding hydrogens is 276 g/mol. The lowest BCUT2D eigenvalue weighted by Gasteiger charge is -2.10. The first-order chi connectivity index (χ1) is 10.4. The van der Waals surface area contributed by atoms with Crippen molar-refractivity contribution in [2.24, 2.45) is 0 Å². The molecule has 2 amide bonds. The largest absolute Gasteiger partial charge is 0.492 e. The number of nitrogens with one attached hydrogen (secondary N) is 2. The molecule has 0 heterocycles. The number of hydrogen-bond donors (Lipinski definition) is 2. The zero-order chi connectivity index (χ0) is 16.5. The topological polar surface area (TPSA) is 50.4 Å². The number of allylic oxidation sites excluding steroid dienone is 2. The van der Waals surface area contributed by atoms with E-state index >= 15 is 0 Å². The van der Waals surface area contributed by atoms with Crippen LogP contribution in [0.3, 0.4) is 0 Å². The van der Waals surface area contributed by atoms with Gasteiger partial charge in [-0.15, -0.1) is 0 Å². The third-order valence-corrected chi connectivity index (χ3v) is 2.72. The van der Waals surface area contributed by atoms with E-state index in [1.807, 2.05) is 38.1 Å². The maximum Gasteiger partial charge on any atom is 0.323 e. The zero-order valence-corrected chi connectivity index (χ0v) is 13.5.